The van der Waals surface area contributed by atoms with Crippen molar-refractivity contribution in [3.63, 3.8) is 0 Å². The summed E-state index contributed by atoms with van der Waals surface area (Å²) >= 11 is 0. The number of rotatable bonds is 1. The van der Waals surface area contributed by atoms with E-state index in [-0.39, 0.29) is 23.6 Å². The van der Waals surface area contributed by atoms with Gasteiger partial charge in [0.05, 0.1) is 5.60 Å². The molecule has 4 nitrogen and oxygen atoms in total. The van der Waals surface area contributed by atoms with E-state index in [4.69, 9.17) is 9.47 Å². The van der Waals surface area contributed by atoms with E-state index in [0.717, 1.165) is 32.3 Å². The molecule has 0 amide bonds. The van der Waals surface area contributed by atoms with Gasteiger partial charge >= 0.3 is 5.97 Å². The third kappa shape index (κ3) is 2.35. The summed E-state index contributed by atoms with van der Waals surface area (Å²) in [5.74, 6) is 1.33. The maximum absolute atomic E-state index is 11.6. The van der Waals surface area contributed by atoms with Gasteiger partial charge in [-0.1, -0.05) is 6.07 Å². The Hall–Kier alpha value is -1.55. The number of phenolic OH excluding ortho intramolecular Hbond substituents is 1. The maximum Gasteiger partial charge on any atom is 0.302 e. The van der Waals surface area contributed by atoms with E-state index in [0.29, 0.717) is 17.6 Å². The Balaban J connectivity index is 1.77. The van der Waals surface area contributed by atoms with E-state index in [1.54, 1.807) is 6.07 Å². The average Bonchev–Trinajstić information content (AvgIpc) is 2.87. The van der Waals surface area contributed by atoms with Gasteiger partial charge in [-0.05, 0) is 61.3 Å². The van der Waals surface area contributed by atoms with E-state index in [1.807, 2.05) is 12.1 Å². The largest absolute Gasteiger partial charge is 0.508 e. The zero-order chi connectivity index (χ0) is 16.2. The van der Waals surface area contributed by atoms with Crippen molar-refractivity contribution < 1.29 is 19.4 Å². The molecule has 1 saturated carbocycles. The van der Waals surface area contributed by atoms with Crippen molar-refractivity contribution in [1.82, 2.24) is 0 Å². The van der Waals surface area contributed by atoms with Crippen LogP contribution in [0.25, 0.3) is 0 Å². The van der Waals surface area contributed by atoms with Crippen LogP contribution in [0, 0.1) is 11.8 Å². The van der Waals surface area contributed by atoms with Crippen molar-refractivity contribution in [1.29, 1.82) is 0 Å². The zero-order valence-corrected chi connectivity index (χ0v) is 13.7. The first-order valence-electron chi connectivity index (χ1n) is 8.61. The number of hydrogen-bond donors (Lipinski definition) is 1. The van der Waals surface area contributed by atoms with E-state index in [1.165, 1.54) is 18.1 Å². The molecule has 1 heterocycles. The number of ether oxygens (including phenoxy) is 2. The van der Waals surface area contributed by atoms with Crippen molar-refractivity contribution in [3.8, 4) is 5.75 Å². The molecule has 1 aromatic carbocycles. The van der Waals surface area contributed by atoms with Gasteiger partial charge in [0.15, 0.2) is 0 Å². The Kier molecular flexibility index (Phi) is 3.41. The van der Waals surface area contributed by atoms with Crippen molar-refractivity contribution >= 4 is 5.97 Å². The van der Waals surface area contributed by atoms with Gasteiger partial charge in [-0.3, -0.25) is 4.79 Å². The predicted molar refractivity (Wildman–Crippen MR) is 85.3 cm³/mol. The highest BCUT2D eigenvalue weighted by molar-refractivity contribution is 5.66. The summed E-state index contributed by atoms with van der Waals surface area (Å²) in [6, 6.07) is 5.65. The number of aromatic hydroxyl groups is 1. The highest BCUT2D eigenvalue weighted by Gasteiger charge is 2.56. The van der Waals surface area contributed by atoms with E-state index in [2.05, 4.69) is 6.92 Å². The summed E-state index contributed by atoms with van der Waals surface area (Å²) in [6.07, 6.45) is 3.77. The summed E-state index contributed by atoms with van der Waals surface area (Å²) in [4.78, 5) is 11.6. The van der Waals surface area contributed by atoms with Gasteiger partial charge in [0.2, 0.25) is 0 Å². The number of benzene rings is 1. The first kappa shape index (κ1) is 15.0. The predicted octanol–water partition coefficient (Wildman–Crippen LogP) is 3.17. The van der Waals surface area contributed by atoms with Crippen LogP contribution in [-0.4, -0.2) is 29.4 Å². The fraction of sp³-hybridized carbons (Fsp3) is 0.632. The van der Waals surface area contributed by atoms with Crippen LogP contribution in [0.1, 0.15) is 50.2 Å². The molecule has 1 N–H and O–H groups in total. The molecule has 0 bridgehead atoms. The van der Waals surface area contributed by atoms with Crippen molar-refractivity contribution in [2.75, 3.05) is 6.61 Å². The number of hydrogen-bond acceptors (Lipinski definition) is 4. The second kappa shape index (κ2) is 5.23. The lowest BCUT2D eigenvalue weighted by atomic mass is 9.57. The second-order valence-corrected chi connectivity index (χ2v) is 7.52. The highest BCUT2D eigenvalue weighted by Crippen LogP contribution is 2.56. The summed E-state index contributed by atoms with van der Waals surface area (Å²) < 4.78 is 11.8. The number of fused-ring (bicyclic) bond motifs is 5. The number of carbonyl (C=O) groups is 1. The van der Waals surface area contributed by atoms with Crippen LogP contribution in [0.2, 0.25) is 0 Å². The molecule has 3 unspecified atom stereocenters. The van der Waals surface area contributed by atoms with E-state index >= 15 is 0 Å². The number of phenols is 1. The standard InChI is InChI=1S/C19H24O4/c1-11(20)23-17-10-19(2)16(7-8-22-19)15-5-3-12-9-13(21)4-6-14(12)18(15)17/h4,6,9,15-18,21H,3,5,7-8,10H2,1-2H3/t15?,16?,17-,18?,19+/m1/s1. The van der Waals surface area contributed by atoms with Crippen LogP contribution in [-0.2, 0) is 20.7 Å². The van der Waals surface area contributed by atoms with Crippen LogP contribution >= 0.6 is 0 Å². The van der Waals surface area contributed by atoms with Crippen LogP contribution < -0.4 is 0 Å². The molecule has 0 spiro atoms. The van der Waals surface area contributed by atoms with Crippen LogP contribution in [0.4, 0.5) is 0 Å². The molecule has 2 fully saturated rings. The number of esters is 1. The number of aryl methyl sites for hydroxylation is 1. The molecular formula is C19H24O4. The van der Waals surface area contributed by atoms with Crippen LogP contribution in [0.15, 0.2) is 18.2 Å². The quantitative estimate of drug-likeness (QED) is 0.809. The molecule has 0 aromatic heterocycles. The van der Waals surface area contributed by atoms with Gasteiger partial charge in [-0.2, -0.15) is 0 Å². The molecule has 0 radical (unpaired) electrons. The maximum atomic E-state index is 11.6. The van der Waals surface area contributed by atoms with Gasteiger partial charge in [0, 0.05) is 25.9 Å². The van der Waals surface area contributed by atoms with E-state index in [9.17, 15) is 9.90 Å². The van der Waals surface area contributed by atoms with Crippen molar-refractivity contribution in [2.24, 2.45) is 11.8 Å². The molecule has 3 aliphatic rings. The monoisotopic (exact) mass is 316 g/mol. The van der Waals surface area contributed by atoms with Gasteiger partial charge in [0.25, 0.3) is 0 Å². The van der Waals surface area contributed by atoms with Crippen LogP contribution in [0.3, 0.4) is 0 Å². The molecule has 1 aliphatic heterocycles. The smallest absolute Gasteiger partial charge is 0.302 e. The molecule has 124 valence electrons. The van der Waals surface area contributed by atoms with E-state index < -0.39 is 0 Å². The summed E-state index contributed by atoms with van der Waals surface area (Å²) in [6.45, 7) is 4.48. The fourth-order valence-electron chi connectivity index (χ4n) is 5.36. The zero-order valence-electron chi connectivity index (χ0n) is 13.7. The Bertz CT molecular complexity index is 640. The Morgan fingerprint density at radius 1 is 1.39 bits per heavy atom. The molecule has 2 aliphatic carbocycles. The minimum Gasteiger partial charge on any atom is -0.508 e. The van der Waals surface area contributed by atoms with Gasteiger partial charge in [-0.25, -0.2) is 0 Å². The normalized spacial score (nSPS) is 38.3. The average molecular weight is 316 g/mol. The minimum atomic E-state index is -0.223. The summed E-state index contributed by atoms with van der Waals surface area (Å²) in [5, 5.41) is 9.78. The molecular weight excluding hydrogens is 292 g/mol. The minimum absolute atomic E-state index is 0.138. The Morgan fingerprint density at radius 3 is 3.00 bits per heavy atom. The highest BCUT2D eigenvalue weighted by atomic mass is 16.5. The second-order valence-electron chi connectivity index (χ2n) is 7.52. The lowest BCUT2D eigenvalue weighted by molar-refractivity contribution is -0.162. The molecule has 5 atom stereocenters. The summed E-state index contributed by atoms with van der Waals surface area (Å²) in [5.41, 5.74) is 2.28. The molecule has 1 saturated heterocycles. The molecule has 4 rings (SSSR count). The Labute approximate surface area is 136 Å². The van der Waals surface area contributed by atoms with Gasteiger partial charge in [-0.15, -0.1) is 0 Å². The topological polar surface area (TPSA) is 55.8 Å². The SMILES string of the molecule is CC(=O)O[C@@H]1C[C@]2(C)OCCC2C2CCc3cc(O)ccc3C21. The third-order valence-corrected chi connectivity index (χ3v) is 6.18. The lowest BCUT2D eigenvalue weighted by Crippen LogP contribution is -2.52. The van der Waals surface area contributed by atoms with Crippen molar-refractivity contribution in [2.45, 2.75) is 57.2 Å². The third-order valence-electron chi connectivity index (χ3n) is 6.18. The van der Waals surface area contributed by atoms with Gasteiger partial charge in [0.1, 0.15) is 11.9 Å². The first-order valence-corrected chi connectivity index (χ1v) is 8.61. The molecule has 4 heteroatoms. The summed E-state index contributed by atoms with van der Waals surface area (Å²) in [7, 11) is 0. The first-order chi connectivity index (χ1) is 11.0. The lowest BCUT2D eigenvalue weighted by Gasteiger charge is -2.51. The molecule has 23 heavy (non-hydrogen) atoms. The van der Waals surface area contributed by atoms with Crippen molar-refractivity contribution in [3.05, 3.63) is 29.3 Å². The number of carbonyl (C=O) groups excluding carboxylic acids is 1. The van der Waals surface area contributed by atoms with Crippen LogP contribution in [0.5, 0.6) is 5.75 Å². The fourth-order valence-corrected chi connectivity index (χ4v) is 5.36. The molecule has 1 aromatic rings. The van der Waals surface area contributed by atoms with Gasteiger partial charge < -0.3 is 14.6 Å². The Morgan fingerprint density at radius 2 is 2.22 bits per heavy atom.